The summed E-state index contributed by atoms with van der Waals surface area (Å²) in [4.78, 5) is 49.9. The normalized spacial score (nSPS) is 10.8. The van der Waals surface area contributed by atoms with Gasteiger partial charge in [-0.3, -0.25) is 0 Å². The lowest BCUT2D eigenvalue weighted by atomic mass is 9.92. The molecule has 6 aromatic rings. The Hall–Kier alpha value is -7.20. The van der Waals surface area contributed by atoms with E-state index in [1.54, 1.807) is 60.7 Å². The number of fused-ring (bicyclic) bond motifs is 2. The van der Waals surface area contributed by atoms with Gasteiger partial charge in [0.25, 0.3) is 0 Å². The van der Waals surface area contributed by atoms with Gasteiger partial charge in [-0.15, -0.1) is 0 Å². The number of benzene rings is 6. The molecule has 0 heterocycles. The van der Waals surface area contributed by atoms with E-state index in [-0.39, 0.29) is 0 Å². The summed E-state index contributed by atoms with van der Waals surface area (Å²) in [6, 6.07) is 36.6. The first-order chi connectivity index (χ1) is 30.3. The minimum Gasteiger partial charge on any atom is -0.494 e. The number of hydrogen-bond acceptors (Lipinski definition) is 10. The van der Waals surface area contributed by atoms with Crippen LogP contribution in [0.4, 0.5) is 0 Å². The Morgan fingerprint density at radius 3 is 1.18 bits per heavy atom. The van der Waals surface area contributed by atoms with Crippen molar-refractivity contribution >= 4 is 45.4 Å². The molecule has 10 heteroatoms. The predicted molar refractivity (Wildman–Crippen MR) is 240 cm³/mol. The number of rotatable bonds is 23. The highest BCUT2D eigenvalue weighted by Gasteiger charge is 2.23. The van der Waals surface area contributed by atoms with Gasteiger partial charge in [0.15, 0.2) is 0 Å². The number of hydrogen-bond donors (Lipinski definition) is 0. The molecule has 0 amide bonds. The van der Waals surface area contributed by atoms with Gasteiger partial charge in [-0.1, -0.05) is 73.8 Å². The third kappa shape index (κ3) is 12.4. The number of carbonyl (C=O) groups is 4. The maximum Gasteiger partial charge on any atom is 0.343 e. The minimum absolute atomic E-state index is 0.305. The van der Waals surface area contributed by atoms with Crippen molar-refractivity contribution in [1.82, 2.24) is 0 Å². The van der Waals surface area contributed by atoms with Crippen LogP contribution in [-0.2, 0) is 19.1 Å². The summed E-state index contributed by atoms with van der Waals surface area (Å²) >= 11 is 0. The van der Waals surface area contributed by atoms with Gasteiger partial charge in [0.2, 0.25) is 0 Å². The van der Waals surface area contributed by atoms with Crippen LogP contribution in [0.1, 0.15) is 72.1 Å². The summed E-state index contributed by atoms with van der Waals surface area (Å²) in [5, 5.41) is 3.45. The van der Waals surface area contributed by atoms with E-state index in [1.165, 1.54) is 0 Å². The molecule has 0 atom stereocenters. The third-order valence-electron chi connectivity index (χ3n) is 10.1. The lowest BCUT2D eigenvalue weighted by Gasteiger charge is -2.19. The van der Waals surface area contributed by atoms with Gasteiger partial charge >= 0.3 is 23.9 Å². The van der Waals surface area contributed by atoms with Crippen LogP contribution in [0.25, 0.3) is 32.7 Å². The summed E-state index contributed by atoms with van der Waals surface area (Å²) < 4.78 is 34.2. The fraction of sp³-hybridized carbons (Fsp3) is 0.231. The molecular formula is C52H50O10. The molecule has 0 aliphatic heterocycles. The van der Waals surface area contributed by atoms with Gasteiger partial charge in [0.1, 0.15) is 23.0 Å². The molecule has 0 N–H and O–H groups in total. The molecule has 0 bridgehead atoms. The minimum atomic E-state index is -0.558. The molecule has 0 fully saturated rings. The van der Waals surface area contributed by atoms with Gasteiger partial charge in [-0.2, -0.15) is 0 Å². The third-order valence-corrected chi connectivity index (χ3v) is 10.1. The summed E-state index contributed by atoms with van der Waals surface area (Å²) in [6.07, 6.45) is 9.19. The van der Waals surface area contributed by atoms with Gasteiger partial charge < -0.3 is 28.4 Å². The molecule has 0 unspecified atom stereocenters. The highest BCUT2D eigenvalue weighted by Crippen LogP contribution is 2.46. The number of unbranched alkanes of at least 4 members (excludes halogenated alkanes) is 6. The molecule has 0 aliphatic rings. The van der Waals surface area contributed by atoms with Crippen LogP contribution < -0.4 is 18.9 Å². The van der Waals surface area contributed by atoms with Crippen molar-refractivity contribution in [1.29, 1.82) is 0 Å². The Morgan fingerprint density at radius 1 is 0.419 bits per heavy atom. The van der Waals surface area contributed by atoms with E-state index in [0.717, 1.165) is 85.1 Å². The first kappa shape index (κ1) is 44.4. The zero-order chi connectivity index (χ0) is 43.5. The average molecular weight is 835 g/mol. The van der Waals surface area contributed by atoms with Gasteiger partial charge in [-0.05, 0) is 134 Å². The zero-order valence-corrected chi connectivity index (χ0v) is 34.7. The van der Waals surface area contributed by atoms with Crippen LogP contribution in [0.5, 0.6) is 23.0 Å². The first-order valence-electron chi connectivity index (χ1n) is 20.9. The molecule has 0 aliphatic carbocycles. The summed E-state index contributed by atoms with van der Waals surface area (Å²) in [5.74, 6) is -0.0671. The second-order valence-corrected chi connectivity index (χ2v) is 14.4. The SMILES string of the molecule is C=CC(=O)OCCCCCCOc1ccc(C(=O)Oc2ccc3ccccc3c2-c2c(OC(=O)c3ccc(OCCCCCCOC(=O)C=C)cc3)ccc3ccccc23)cc1. The molecule has 318 valence electrons. The Bertz CT molecular complexity index is 2310. The van der Waals surface area contributed by atoms with E-state index in [0.29, 0.717) is 71.7 Å². The number of esters is 4. The predicted octanol–water partition coefficient (Wildman–Crippen LogP) is 11.4. The van der Waals surface area contributed by atoms with Crippen molar-refractivity contribution in [3.8, 4) is 34.1 Å². The van der Waals surface area contributed by atoms with Gasteiger partial charge in [-0.25, -0.2) is 19.2 Å². The van der Waals surface area contributed by atoms with Crippen molar-refractivity contribution in [3.63, 3.8) is 0 Å². The Kier molecular flexibility index (Phi) is 16.4. The molecule has 0 spiro atoms. The number of ether oxygens (including phenoxy) is 6. The molecule has 10 nitrogen and oxygen atoms in total. The fourth-order valence-corrected chi connectivity index (χ4v) is 6.84. The highest BCUT2D eigenvalue weighted by molar-refractivity contribution is 6.11. The summed E-state index contributed by atoms with van der Waals surface area (Å²) in [5.41, 5.74) is 1.89. The van der Waals surface area contributed by atoms with E-state index in [2.05, 4.69) is 13.2 Å². The number of carbonyl (C=O) groups excluding carboxylic acids is 4. The Morgan fingerprint density at radius 2 is 0.790 bits per heavy atom. The van der Waals surface area contributed by atoms with E-state index in [4.69, 9.17) is 28.4 Å². The van der Waals surface area contributed by atoms with Crippen molar-refractivity contribution in [2.24, 2.45) is 0 Å². The topological polar surface area (TPSA) is 124 Å². The van der Waals surface area contributed by atoms with Crippen molar-refractivity contribution in [3.05, 3.63) is 158 Å². The molecule has 0 aromatic heterocycles. The van der Waals surface area contributed by atoms with Crippen LogP contribution in [0.3, 0.4) is 0 Å². The highest BCUT2D eigenvalue weighted by atomic mass is 16.5. The molecule has 0 saturated heterocycles. The average Bonchev–Trinajstić information content (AvgIpc) is 3.30. The molecule has 0 saturated carbocycles. The zero-order valence-electron chi connectivity index (χ0n) is 34.7. The van der Waals surface area contributed by atoms with Crippen LogP contribution in [0.2, 0.25) is 0 Å². The molecular weight excluding hydrogens is 785 g/mol. The van der Waals surface area contributed by atoms with E-state index >= 15 is 0 Å². The first-order valence-corrected chi connectivity index (χ1v) is 20.9. The second-order valence-electron chi connectivity index (χ2n) is 14.4. The molecule has 6 rings (SSSR count). The lowest BCUT2D eigenvalue weighted by molar-refractivity contribution is -0.138. The molecule has 62 heavy (non-hydrogen) atoms. The Labute approximate surface area is 361 Å². The van der Waals surface area contributed by atoms with Crippen molar-refractivity contribution in [2.75, 3.05) is 26.4 Å². The van der Waals surface area contributed by atoms with Crippen LogP contribution in [-0.4, -0.2) is 50.3 Å². The van der Waals surface area contributed by atoms with Crippen molar-refractivity contribution < 1.29 is 47.6 Å². The smallest absolute Gasteiger partial charge is 0.343 e. The van der Waals surface area contributed by atoms with Crippen molar-refractivity contribution in [2.45, 2.75) is 51.4 Å². The maximum atomic E-state index is 13.8. The fourth-order valence-electron chi connectivity index (χ4n) is 6.84. The standard InChI is InChI=1S/C52H50O10/c1-3-47(53)59-35-15-7-5-13-33-57-41-27-21-39(22-28-41)51(55)61-45-31-25-37-17-9-11-19-43(37)49(45)50-44-20-12-10-18-38(44)26-32-46(50)62-52(56)40-23-29-42(30-24-40)58-34-14-6-8-16-36-60-48(54)4-2/h3-4,9-12,17-32H,1-2,5-8,13-16,33-36H2. The largest absolute Gasteiger partial charge is 0.494 e. The van der Waals surface area contributed by atoms with E-state index < -0.39 is 23.9 Å². The van der Waals surface area contributed by atoms with Crippen LogP contribution >= 0.6 is 0 Å². The second kappa shape index (κ2) is 23.0. The maximum absolute atomic E-state index is 13.8. The Balaban J connectivity index is 1.14. The molecule has 6 aromatic carbocycles. The van der Waals surface area contributed by atoms with Crippen LogP contribution in [0.15, 0.2) is 147 Å². The summed E-state index contributed by atoms with van der Waals surface area (Å²) in [6.45, 7) is 8.55. The summed E-state index contributed by atoms with van der Waals surface area (Å²) in [7, 11) is 0. The van der Waals surface area contributed by atoms with E-state index in [1.807, 2.05) is 60.7 Å². The van der Waals surface area contributed by atoms with Gasteiger partial charge in [0.05, 0.1) is 37.6 Å². The monoisotopic (exact) mass is 834 g/mol. The van der Waals surface area contributed by atoms with Crippen LogP contribution in [0, 0.1) is 0 Å². The van der Waals surface area contributed by atoms with E-state index in [9.17, 15) is 19.2 Å². The molecule has 0 radical (unpaired) electrons. The lowest BCUT2D eigenvalue weighted by Crippen LogP contribution is -2.11. The van der Waals surface area contributed by atoms with Gasteiger partial charge in [0, 0.05) is 23.3 Å². The quantitative estimate of drug-likeness (QED) is 0.0267.